The van der Waals surface area contributed by atoms with E-state index in [4.69, 9.17) is 9.47 Å². The SMILES string of the molecule is COC1=C(OC)C(=O)C(c2cc(C)c(-c3ccncc3)c(C(=O)O)c2)=C(C)C1=O. The number of ketones is 2. The van der Waals surface area contributed by atoms with Gasteiger partial charge in [-0.05, 0) is 54.3 Å². The number of Topliss-reactive ketones (excluding diaryl/α,β-unsaturated/α-hetero) is 2. The second-order valence-electron chi connectivity index (χ2n) is 6.48. The lowest BCUT2D eigenvalue weighted by atomic mass is 9.85. The number of allylic oxidation sites excluding steroid dienone is 2. The van der Waals surface area contributed by atoms with Crippen molar-refractivity contribution in [1.29, 1.82) is 0 Å². The van der Waals surface area contributed by atoms with Crippen LogP contribution in [0.4, 0.5) is 0 Å². The van der Waals surface area contributed by atoms with Crippen LogP contribution in [0.5, 0.6) is 0 Å². The van der Waals surface area contributed by atoms with Crippen molar-refractivity contribution in [2.75, 3.05) is 14.2 Å². The van der Waals surface area contributed by atoms with E-state index in [9.17, 15) is 19.5 Å². The van der Waals surface area contributed by atoms with Gasteiger partial charge in [-0.25, -0.2) is 4.79 Å². The predicted molar refractivity (Wildman–Crippen MR) is 105 cm³/mol. The second kappa shape index (κ2) is 7.71. The molecule has 0 amide bonds. The normalized spacial score (nSPS) is 14.3. The van der Waals surface area contributed by atoms with Crippen LogP contribution >= 0.6 is 0 Å². The summed E-state index contributed by atoms with van der Waals surface area (Å²) in [7, 11) is 2.56. The number of methoxy groups -OCH3 is 2. The molecule has 1 heterocycles. The van der Waals surface area contributed by atoms with Crippen molar-refractivity contribution in [3.8, 4) is 11.1 Å². The zero-order chi connectivity index (χ0) is 21.3. The lowest BCUT2D eigenvalue weighted by molar-refractivity contribution is -0.119. The first-order chi connectivity index (χ1) is 13.8. The largest absolute Gasteiger partial charge is 0.489 e. The molecule has 0 radical (unpaired) electrons. The number of pyridine rings is 1. The first kappa shape index (κ1) is 20.0. The van der Waals surface area contributed by atoms with Gasteiger partial charge in [0.1, 0.15) is 0 Å². The average Bonchev–Trinajstić information content (AvgIpc) is 2.70. The molecule has 3 rings (SSSR count). The van der Waals surface area contributed by atoms with Crippen molar-refractivity contribution in [1.82, 2.24) is 4.98 Å². The topological polar surface area (TPSA) is 103 Å². The number of aryl methyl sites for hydroxylation is 1. The molecule has 148 valence electrons. The number of benzene rings is 1. The maximum atomic E-state index is 13.0. The van der Waals surface area contributed by atoms with Crippen LogP contribution in [0.1, 0.15) is 28.4 Å². The van der Waals surface area contributed by atoms with Crippen LogP contribution in [0.15, 0.2) is 53.8 Å². The predicted octanol–water partition coefficient (Wildman–Crippen LogP) is 3.18. The third-order valence-corrected chi connectivity index (χ3v) is 4.79. The third kappa shape index (κ3) is 3.31. The van der Waals surface area contributed by atoms with Gasteiger partial charge in [-0.3, -0.25) is 14.6 Å². The van der Waals surface area contributed by atoms with E-state index in [2.05, 4.69) is 4.98 Å². The van der Waals surface area contributed by atoms with Gasteiger partial charge in [0.25, 0.3) is 0 Å². The first-order valence-electron chi connectivity index (χ1n) is 8.73. The summed E-state index contributed by atoms with van der Waals surface area (Å²) in [5.41, 5.74) is 2.48. The quantitative estimate of drug-likeness (QED) is 0.778. The highest BCUT2D eigenvalue weighted by molar-refractivity contribution is 6.38. The Morgan fingerprint density at radius 3 is 2.07 bits per heavy atom. The fourth-order valence-electron chi connectivity index (χ4n) is 3.49. The molecule has 1 N–H and O–H groups in total. The Morgan fingerprint density at radius 1 is 0.931 bits per heavy atom. The maximum Gasteiger partial charge on any atom is 0.336 e. The number of rotatable bonds is 5. The molecule has 7 heteroatoms. The number of carboxylic acids is 1. The van der Waals surface area contributed by atoms with Crippen LogP contribution in [0.3, 0.4) is 0 Å². The number of carbonyl (C=O) groups is 3. The Morgan fingerprint density at radius 2 is 1.52 bits per heavy atom. The molecule has 1 aliphatic rings. The zero-order valence-corrected chi connectivity index (χ0v) is 16.4. The van der Waals surface area contributed by atoms with E-state index < -0.39 is 17.5 Å². The lowest BCUT2D eigenvalue weighted by Crippen LogP contribution is -2.24. The molecule has 0 saturated carbocycles. The summed E-state index contributed by atoms with van der Waals surface area (Å²) in [5, 5.41) is 9.80. The van der Waals surface area contributed by atoms with Gasteiger partial charge in [0.2, 0.25) is 23.1 Å². The number of aromatic carboxylic acids is 1. The molecule has 1 aliphatic carbocycles. The summed E-state index contributed by atoms with van der Waals surface area (Å²) in [4.78, 5) is 41.6. The van der Waals surface area contributed by atoms with E-state index in [1.807, 2.05) is 0 Å². The summed E-state index contributed by atoms with van der Waals surface area (Å²) in [6.45, 7) is 3.26. The highest BCUT2D eigenvalue weighted by atomic mass is 16.5. The molecule has 0 unspecified atom stereocenters. The van der Waals surface area contributed by atoms with Crippen LogP contribution in [-0.4, -0.2) is 41.8 Å². The van der Waals surface area contributed by atoms with E-state index >= 15 is 0 Å². The van der Waals surface area contributed by atoms with Gasteiger partial charge >= 0.3 is 5.97 Å². The fraction of sp³-hybridized carbons (Fsp3) is 0.182. The van der Waals surface area contributed by atoms with Crippen LogP contribution < -0.4 is 0 Å². The third-order valence-electron chi connectivity index (χ3n) is 4.79. The summed E-state index contributed by atoms with van der Waals surface area (Å²) >= 11 is 0. The van der Waals surface area contributed by atoms with Crippen molar-refractivity contribution >= 4 is 23.1 Å². The van der Waals surface area contributed by atoms with Crippen molar-refractivity contribution in [3.63, 3.8) is 0 Å². The Bertz CT molecular complexity index is 1100. The first-order valence-corrected chi connectivity index (χ1v) is 8.73. The van der Waals surface area contributed by atoms with Gasteiger partial charge in [-0.2, -0.15) is 0 Å². The number of ether oxygens (including phenoxy) is 2. The molecule has 0 aliphatic heterocycles. The Balaban J connectivity index is 2.25. The Hall–Kier alpha value is -3.74. The monoisotopic (exact) mass is 393 g/mol. The molecule has 2 aromatic rings. The number of carbonyl (C=O) groups excluding carboxylic acids is 2. The van der Waals surface area contributed by atoms with Gasteiger partial charge in [-0.15, -0.1) is 0 Å². The number of aromatic nitrogens is 1. The molecule has 0 spiro atoms. The highest BCUT2D eigenvalue weighted by Gasteiger charge is 2.36. The molecular weight excluding hydrogens is 374 g/mol. The number of hydrogen-bond donors (Lipinski definition) is 1. The smallest absolute Gasteiger partial charge is 0.336 e. The van der Waals surface area contributed by atoms with E-state index in [0.717, 1.165) is 0 Å². The van der Waals surface area contributed by atoms with Gasteiger partial charge < -0.3 is 14.6 Å². The van der Waals surface area contributed by atoms with Crippen molar-refractivity contribution < 1.29 is 29.0 Å². The molecule has 0 bridgehead atoms. The molecule has 29 heavy (non-hydrogen) atoms. The van der Waals surface area contributed by atoms with E-state index in [1.165, 1.54) is 27.2 Å². The minimum Gasteiger partial charge on any atom is -0.489 e. The van der Waals surface area contributed by atoms with Crippen molar-refractivity contribution in [3.05, 3.63) is 70.4 Å². The highest BCUT2D eigenvalue weighted by Crippen LogP contribution is 2.36. The standard InChI is InChI=1S/C22H19NO6/c1-11-9-14(10-15(22(26)27)16(11)13-5-7-23-8-6-13)17-12(2)18(24)20(28-3)21(29-4)19(17)25/h5-10H,1-4H3,(H,26,27). The van der Waals surface area contributed by atoms with Crippen LogP contribution in [0.2, 0.25) is 0 Å². The zero-order valence-electron chi connectivity index (χ0n) is 16.4. The molecule has 7 nitrogen and oxygen atoms in total. The molecular formula is C22H19NO6. The lowest BCUT2D eigenvalue weighted by Gasteiger charge is -2.21. The van der Waals surface area contributed by atoms with Crippen LogP contribution in [0, 0.1) is 6.92 Å². The number of hydrogen-bond acceptors (Lipinski definition) is 6. The number of nitrogens with zero attached hydrogens (tertiary/aromatic N) is 1. The maximum absolute atomic E-state index is 13.0. The molecule has 0 fully saturated rings. The van der Waals surface area contributed by atoms with Crippen molar-refractivity contribution in [2.45, 2.75) is 13.8 Å². The summed E-state index contributed by atoms with van der Waals surface area (Å²) < 4.78 is 10.1. The van der Waals surface area contributed by atoms with Crippen LogP contribution in [0.25, 0.3) is 16.7 Å². The minimum atomic E-state index is -1.14. The number of carboxylic acid groups (broad SMARTS) is 1. The van der Waals surface area contributed by atoms with E-state index in [1.54, 1.807) is 37.5 Å². The minimum absolute atomic E-state index is 0.0206. The molecule has 1 aromatic carbocycles. The van der Waals surface area contributed by atoms with Crippen molar-refractivity contribution in [2.24, 2.45) is 0 Å². The van der Waals surface area contributed by atoms with Crippen LogP contribution in [-0.2, 0) is 19.1 Å². The molecule has 0 atom stereocenters. The van der Waals surface area contributed by atoms with E-state index in [0.29, 0.717) is 22.3 Å². The van der Waals surface area contributed by atoms with Gasteiger partial charge in [0, 0.05) is 23.5 Å². The van der Waals surface area contributed by atoms with Gasteiger partial charge in [-0.1, -0.05) is 6.07 Å². The van der Waals surface area contributed by atoms with Gasteiger partial charge in [0.05, 0.1) is 19.8 Å². The summed E-state index contributed by atoms with van der Waals surface area (Å²) in [5.74, 6) is -2.52. The average molecular weight is 393 g/mol. The summed E-state index contributed by atoms with van der Waals surface area (Å²) in [6, 6.07) is 6.52. The Kier molecular flexibility index (Phi) is 5.32. The summed E-state index contributed by atoms with van der Waals surface area (Å²) in [6.07, 6.45) is 3.15. The second-order valence-corrected chi connectivity index (χ2v) is 6.48. The van der Waals surface area contributed by atoms with E-state index in [-0.39, 0.29) is 28.2 Å². The van der Waals surface area contributed by atoms with Gasteiger partial charge in [0.15, 0.2) is 0 Å². The molecule has 0 saturated heterocycles. The fourth-order valence-corrected chi connectivity index (χ4v) is 3.49. The Labute approximate surface area is 167 Å². The molecule has 1 aromatic heterocycles.